The number of thiazole rings is 1. The van der Waals surface area contributed by atoms with E-state index in [-0.39, 0.29) is 0 Å². The average molecular weight is 320 g/mol. The third-order valence-electron chi connectivity index (χ3n) is 3.99. The third kappa shape index (κ3) is 2.24. The zero-order valence-corrected chi connectivity index (χ0v) is 14.1. The molecular formula is C18H16N4S. The molecule has 2 aromatic heterocycles. The molecule has 2 heterocycles. The molecule has 0 aliphatic carbocycles. The molecule has 5 heteroatoms. The number of hydrogen-bond acceptors (Lipinski definition) is 4. The molecular weight excluding hydrogens is 304 g/mol. The van der Waals surface area contributed by atoms with Crippen LogP contribution in [0.1, 0.15) is 16.1 Å². The van der Waals surface area contributed by atoms with Gasteiger partial charge in [0, 0.05) is 5.56 Å². The molecule has 0 bridgehead atoms. The molecule has 0 radical (unpaired) electrons. The summed E-state index contributed by atoms with van der Waals surface area (Å²) in [6.07, 6.45) is 1.79. The molecule has 0 spiro atoms. The average Bonchev–Trinajstić information content (AvgIpc) is 3.12. The lowest BCUT2D eigenvalue weighted by atomic mass is 10.1. The molecule has 4 rings (SSSR count). The van der Waals surface area contributed by atoms with Crippen LogP contribution in [0.4, 0.5) is 0 Å². The second kappa shape index (κ2) is 5.28. The summed E-state index contributed by atoms with van der Waals surface area (Å²) in [5.41, 5.74) is 5.65. The first-order valence-electron chi connectivity index (χ1n) is 7.48. The quantitative estimate of drug-likeness (QED) is 0.547. The molecule has 0 unspecified atom stereocenters. The molecule has 23 heavy (non-hydrogen) atoms. The van der Waals surface area contributed by atoms with E-state index in [1.807, 2.05) is 19.1 Å². The van der Waals surface area contributed by atoms with Crippen LogP contribution in [0, 0.1) is 20.8 Å². The van der Waals surface area contributed by atoms with Crippen LogP contribution in [0.2, 0.25) is 0 Å². The fraction of sp³-hybridized carbons (Fsp3) is 0.167. The maximum absolute atomic E-state index is 4.58. The van der Waals surface area contributed by atoms with Crippen molar-refractivity contribution in [2.75, 3.05) is 0 Å². The number of rotatable bonds is 2. The fourth-order valence-electron chi connectivity index (χ4n) is 3.00. The van der Waals surface area contributed by atoms with Gasteiger partial charge >= 0.3 is 0 Å². The van der Waals surface area contributed by atoms with Crippen molar-refractivity contribution in [1.29, 1.82) is 0 Å². The van der Waals surface area contributed by atoms with Crippen molar-refractivity contribution in [2.24, 2.45) is 0 Å². The van der Waals surface area contributed by atoms with Gasteiger partial charge in [-0.15, -0.1) is 21.5 Å². The lowest BCUT2D eigenvalue weighted by Gasteiger charge is -2.13. The van der Waals surface area contributed by atoms with E-state index in [1.165, 1.54) is 11.1 Å². The Labute approximate surface area is 138 Å². The standard InChI is InChI=1S/C18H16N4S/c1-11-6-4-7-12(2)16(11)22-10-19-21-18(22)14-8-5-9-15-17(14)23-13(3)20-15/h4-10H,1-3H3. The molecule has 4 aromatic rings. The maximum Gasteiger partial charge on any atom is 0.169 e. The number of aromatic nitrogens is 4. The topological polar surface area (TPSA) is 43.6 Å². The zero-order valence-electron chi connectivity index (χ0n) is 13.2. The summed E-state index contributed by atoms with van der Waals surface area (Å²) in [7, 11) is 0. The summed E-state index contributed by atoms with van der Waals surface area (Å²) in [5, 5.41) is 9.62. The number of fused-ring (bicyclic) bond motifs is 1. The molecule has 0 atom stereocenters. The van der Waals surface area contributed by atoms with Crippen molar-refractivity contribution in [3.63, 3.8) is 0 Å². The highest BCUT2D eigenvalue weighted by molar-refractivity contribution is 7.19. The van der Waals surface area contributed by atoms with Crippen LogP contribution in [0.3, 0.4) is 0 Å². The van der Waals surface area contributed by atoms with Crippen molar-refractivity contribution in [2.45, 2.75) is 20.8 Å². The summed E-state index contributed by atoms with van der Waals surface area (Å²) < 4.78 is 3.24. The maximum atomic E-state index is 4.58. The van der Waals surface area contributed by atoms with E-state index in [4.69, 9.17) is 0 Å². The predicted molar refractivity (Wildman–Crippen MR) is 94.2 cm³/mol. The normalized spacial score (nSPS) is 11.3. The Balaban J connectivity index is 2.00. The molecule has 0 saturated carbocycles. The largest absolute Gasteiger partial charge is 0.281 e. The molecule has 4 nitrogen and oxygen atoms in total. The van der Waals surface area contributed by atoms with Gasteiger partial charge in [0.25, 0.3) is 0 Å². The molecule has 114 valence electrons. The van der Waals surface area contributed by atoms with Crippen LogP contribution >= 0.6 is 11.3 Å². The van der Waals surface area contributed by atoms with Crippen molar-refractivity contribution in [1.82, 2.24) is 19.7 Å². The van der Waals surface area contributed by atoms with Gasteiger partial charge in [-0.1, -0.05) is 24.3 Å². The lowest BCUT2D eigenvalue weighted by molar-refractivity contribution is 1.03. The molecule has 0 N–H and O–H groups in total. The van der Waals surface area contributed by atoms with Crippen molar-refractivity contribution in [3.8, 4) is 17.1 Å². The van der Waals surface area contributed by atoms with Crippen molar-refractivity contribution in [3.05, 3.63) is 58.9 Å². The van der Waals surface area contributed by atoms with E-state index in [0.29, 0.717) is 0 Å². The Bertz CT molecular complexity index is 993. The second-order valence-corrected chi connectivity index (χ2v) is 6.85. The number of nitrogens with zero attached hydrogens (tertiary/aromatic N) is 4. The first-order chi connectivity index (χ1) is 11.1. The lowest BCUT2D eigenvalue weighted by Crippen LogP contribution is -2.01. The Kier molecular flexibility index (Phi) is 3.23. The van der Waals surface area contributed by atoms with E-state index in [0.717, 1.165) is 32.3 Å². The van der Waals surface area contributed by atoms with Crippen LogP contribution in [0.15, 0.2) is 42.7 Å². The third-order valence-corrected chi connectivity index (χ3v) is 5.01. The van der Waals surface area contributed by atoms with Gasteiger partial charge in [0.1, 0.15) is 6.33 Å². The zero-order chi connectivity index (χ0) is 16.0. The van der Waals surface area contributed by atoms with Gasteiger partial charge in [0.2, 0.25) is 0 Å². The molecule has 2 aromatic carbocycles. The summed E-state index contributed by atoms with van der Waals surface area (Å²) in [5.74, 6) is 0.858. The Morgan fingerprint density at radius 2 is 1.70 bits per heavy atom. The van der Waals surface area contributed by atoms with Gasteiger partial charge in [-0.2, -0.15) is 0 Å². The van der Waals surface area contributed by atoms with E-state index in [2.05, 4.69) is 57.9 Å². The summed E-state index contributed by atoms with van der Waals surface area (Å²) in [6, 6.07) is 12.5. The minimum Gasteiger partial charge on any atom is -0.281 e. The van der Waals surface area contributed by atoms with E-state index in [1.54, 1.807) is 17.7 Å². The molecule has 0 aliphatic heterocycles. The van der Waals surface area contributed by atoms with Gasteiger partial charge in [-0.3, -0.25) is 4.57 Å². The van der Waals surface area contributed by atoms with Gasteiger partial charge in [0.15, 0.2) is 5.82 Å². The fourth-order valence-corrected chi connectivity index (χ4v) is 3.93. The predicted octanol–water partition coefficient (Wildman–Crippen LogP) is 4.47. The Morgan fingerprint density at radius 3 is 2.48 bits per heavy atom. The monoisotopic (exact) mass is 320 g/mol. The minimum absolute atomic E-state index is 0.858. The van der Waals surface area contributed by atoms with Gasteiger partial charge in [-0.05, 0) is 44.0 Å². The molecule has 0 aliphatic rings. The van der Waals surface area contributed by atoms with Gasteiger partial charge in [0.05, 0.1) is 20.9 Å². The van der Waals surface area contributed by atoms with Crippen molar-refractivity contribution < 1.29 is 0 Å². The molecule has 0 amide bonds. The second-order valence-electron chi connectivity index (χ2n) is 5.65. The summed E-state index contributed by atoms with van der Waals surface area (Å²) >= 11 is 1.70. The van der Waals surface area contributed by atoms with Crippen LogP contribution < -0.4 is 0 Å². The smallest absolute Gasteiger partial charge is 0.169 e. The first kappa shape index (κ1) is 14.1. The number of benzene rings is 2. The van der Waals surface area contributed by atoms with Crippen LogP contribution in [-0.2, 0) is 0 Å². The number of aryl methyl sites for hydroxylation is 3. The van der Waals surface area contributed by atoms with Crippen LogP contribution in [0.25, 0.3) is 27.3 Å². The van der Waals surface area contributed by atoms with Crippen LogP contribution in [0.5, 0.6) is 0 Å². The first-order valence-corrected chi connectivity index (χ1v) is 8.30. The highest BCUT2D eigenvalue weighted by Gasteiger charge is 2.16. The van der Waals surface area contributed by atoms with Crippen molar-refractivity contribution >= 4 is 21.6 Å². The van der Waals surface area contributed by atoms with E-state index < -0.39 is 0 Å². The molecule has 0 fully saturated rings. The Morgan fingerprint density at radius 1 is 0.957 bits per heavy atom. The van der Waals surface area contributed by atoms with Crippen LogP contribution in [-0.4, -0.2) is 19.7 Å². The van der Waals surface area contributed by atoms with E-state index >= 15 is 0 Å². The summed E-state index contributed by atoms with van der Waals surface area (Å²) in [4.78, 5) is 4.58. The highest BCUT2D eigenvalue weighted by Crippen LogP contribution is 2.33. The van der Waals surface area contributed by atoms with Gasteiger partial charge < -0.3 is 0 Å². The van der Waals surface area contributed by atoms with Gasteiger partial charge in [-0.25, -0.2) is 4.98 Å². The SMILES string of the molecule is Cc1nc2cccc(-c3nncn3-c3c(C)cccc3C)c2s1. The number of para-hydroxylation sites is 1. The number of hydrogen-bond donors (Lipinski definition) is 0. The highest BCUT2D eigenvalue weighted by atomic mass is 32.1. The minimum atomic E-state index is 0.858. The van der Waals surface area contributed by atoms with E-state index in [9.17, 15) is 0 Å². The molecule has 0 saturated heterocycles. The summed E-state index contributed by atoms with van der Waals surface area (Å²) in [6.45, 7) is 6.26. The Hall–Kier alpha value is -2.53.